The molecule has 1 aromatic carbocycles. The van der Waals surface area contributed by atoms with Gasteiger partial charge in [0.05, 0.1) is 9.23 Å². The zero-order valence-electron chi connectivity index (χ0n) is 16.8. The average molecular weight is 490 g/mol. The minimum atomic E-state index is -4.18. The van der Waals surface area contributed by atoms with Crippen LogP contribution in [0.25, 0.3) is 5.69 Å². The molecule has 0 amide bonds. The van der Waals surface area contributed by atoms with Gasteiger partial charge in [0.1, 0.15) is 16.4 Å². The number of thioether (sulfide) groups is 1. The predicted molar refractivity (Wildman–Crippen MR) is 121 cm³/mol. The van der Waals surface area contributed by atoms with Crippen LogP contribution in [0, 0.1) is 25.6 Å². The molecule has 0 radical (unpaired) electrons. The Morgan fingerprint density at radius 2 is 2.03 bits per heavy atom. The van der Waals surface area contributed by atoms with Crippen LogP contribution in [0.15, 0.2) is 32.1 Å². The number of nitrogens with one attached hydrogen (secondary N) is 1. The highest BCUT2D eigenvalue weighted by Crippen LogP contribution is 2.39. The van der Waals surface area contributed by atoms with E-state index >= 15 is 0 Å². The Morgan fingerprint density at radius 1 is 1.33 bits per heavy atom. The van der Waals surface area contributed by atoms with Gasteiger partial charge in [-0.1, -0.05) is 25.4 Å². The minimum absolute atomic E-state index is 0.0632. The summed E-state index contributed by atoms with van der Waals surface area (Å²) in [6.45, 7) is 7.95. The molecule has 0 aromatic heterocycles. The Hall–Kier alpha value is -1.62. The molecule has 3 rings (SSSR count). The lowest BCUT2D eigenvalue weighted by Gasteiger charge is -2.16. The monoisotopic (exact) mass is 489 g/mol. The Balaban J connectivity index is 2.09. The van der Waals surface area contributed by atoms with Gasteiger partial charge in [-0.25, -0.2) is 17.6 Å². The molecule has 0 saturated heterocycles. The number of hydrogen-bond acceptors (Lipinski definition) is 6. The molecule has 6 nitrogen and oxygen atoms in total. The van der Waals surface area contributed by atoms with Gasteiger partial charge < -0.3 is 0 Å². The highest BCUT2D eigenvalue weighted by Gasteiger charge is 2.27. The zero-order chi connectivity index (χ0) is 22.2. The van der Waals surface area contributed by atoms with Gasteiger partial charge in [-0.15, -0.1) is 23.1 Å². The van der Waals surface area contributed by atoms with Crippen molar-refractivity contribution in [2.24, 2.45) is 5.92 Å². The van der Waals surface area contributed by atoms with Crippen LogP contribution in [0.1, 0.15) is 30.8 Å². The third-order valence-corrected chi connectivity index (χ3v) is 8.77. The van der Waals surface area contributed by atoms with Crippen molar-refractivity contribution >= 4 is 50.5 Å². The second kappa shape index (κ2) is 8.86. The molecule has 0 atom stereocenters. The number of anilines is 1. The molecule has 0 unspecified atom stereocenters. The van der Waals surface area contributed by atoms with Crippen LogP contribution in [0.3, 0.4) is 0 Å². The first-order valence-electron chi connectivity index (χ1n) is 9.14. The molecule has 0 spiro atoms. The molecule has 2 aliphatic heterocycles. The number of hydrogen-bond donors (Lipinski definition) is 1. The smallest absolute Gasteiger partial charge is 0.261 e. The quantitative estimate of drug-likeness (QED) is 0.468. The van der Waals surface area contributed by atoms with Gasteiger partial charge in [-0.3, -0.25) is 9.29 Å². The van der Waals surface area contributed by atoms with Crippen molar-refractivity contribution in [2.75, 3.05) is 10.5 Å². The molecule has 1 aromatic rings. The number of aryl methyl sites for hydroxylation is 1. The first-order chi connectivity index (χ1) is 14.0. The van der Waals surface area contributed by atoms with Crippen molar-refractivity contribution in [1.29, 1.82) is 0 Å². The standard InChI is InChI=1S/C19H21ClFN3O3S3/c1-10(2)7-8-28-18-16-17(22-19(25)24(16)11(3)12(4)29-18)23-30(26,27)15-6-5-13(21)9-14(15)20/h5-6,9-10H,7-8H2,1-4H3,(H,22,23,25). The van der Waals surface area contributed by atoms with E-state index in [2.05, 4.69) is 23.6 Å². The van der Waals surface area contributed by atoms with E-state index in [1.807, 2.05) is 6.92 Å². The van der Waals surface area contributed by atoms with E-state index in [1.165, 1.54) is 15.9 Å². The van der Waals surface area contributed by atoms with E-state index in [-0.39, 0.29) is 15.7 Å². The van der Waals surface area contributed by atoms with E-state index < -0.39 is 21.5 Å². The fraction of sp³-hybridized carbons (Fsp3) is 0.368. The number of benzene rings is 1. The Bertz CT molecular complexity index is 1220. The highest BCUT2D eigenvalue weighted by atomic mass is 35.5. The fourth-order valence-electron chi connectivity index (χ4n) is 2.75. The summed E-state index contributed by atoms with van der Waals surface area (Å²) >= 11 is 8.99. The molecular formula is C19H21ClFN3O3S3. The van der Waals surface area contributed by atoms with Gasteiger partial charge in [-0.05, 0) is 50.1 Å². The maximum Gasteiger partial charge on any atom is 0.354 e. The number of imidazole rings is 1. The summed E-state index contributed by atoms with van der Waals surface area (Å²) in [5.74, 6) is 0.627. The average Bonchev–Trinajstić information content (AvgIpc) is 2.94. The largest absolute Gasteiger partial charge is 0.354 e. The highest BCUT2D eigenvalue weighted by molar-refractivity contribution is 8.01. The molecule has 162 valence electrons. The first kappa shape index (κ1) is 23.1. The Morgan fingerprint density at radius 3 is 2.67 bits per heavy atom. The molecule has 0 saturated carbocycles. The van der Waals surface area contributed by atoms with Crippen molar-refractivity contribution in [2.45, 2.75) is 43.2 Å². The van der Waals surface area contributed by atoms with Crippen molar-refractivity contribution in [3.8, 4) is 5.69 Å². The fourth-order valence-corrected chi connectivity index (χ4v) is 7.05. The summed E-state index contributed by atoms with van der Waals surface area (Å²) in [6, 6.07) is 3.00. The van der Waals surface area contributed by atoms with Gasteiger partial charge >= 0.3 is 5.69 Å². The Kier molecular flexibility index (Phi) is 6.81. The van der Waals surface area contributed by atoms with Gasteiger partial charge in [0.25, 0.3) is 10.0 Å². The van der Waals surface area contributed by atoms with Gasteiger partial charge in [-0.2, -0.15) is 4.98 Å². The van der Waals surface area contributed by atoms with Crippen LogP contribution in [-0.4, -0.2) is 23.7 Å². The summed E-state index contributed by atoms with van der Waals surface area (Å²) in [6.07, 6.45) is 0.973. The van der Waals surface area contributed by atoms with Crippen molar-refractivity contribution in [3.63, 3.8) is 0 Å². The minimum Gasteiger partial charge on any atom is -0.261 e. The maximum atomic E-state index is 13.3. The SMILES string of the molecule is Cc1sc(SCCC(C)C)c2c(NS(=O)(=O)c3ccc(F)cc3Cl)nc(=O)n-2c1C. The molecule has 2 heterocycles. The lowest BCUT2D eigenvalue weighted by Crippen LogP contribution is -2.17. The summed E-state index contributed by atoms with van der Waals surface area (Å²) in [5, 5.41) is -0.255. The molecule has 2 aliphatic rings. The molecular weight excluding hydrogens is 469 g/mol. The number of halogens is 2. The van der Waals surface area contributed by atoms with E-state index in [0.29, 0.717) is 17.3 Å². The van der Waals surface area contributed by atoms with E-state index in [1.54, 1.807) is 18.7 Å². The van der Waals surface area contributed by atoms with Crippen LogP contribution in [0.5, 0.6) is 0 Å². The van der Waals surface area contributed by atoms with Gasteiger partial charge in [0.2, 0.25) is 0 Å². The predicted octanol–water partition coefficient (Wildman–Crippen LogP) is 5.08. The zero-order valence-corrected chi connectivity index (χ0v) is 20.0. The third-order valence-electron chi connectivity index (χ3n) is 4.47. The second-order valence-corrected chi connectivity index (χ2v) is 11.8. The number of aromatic nitrogens is 2. The normalized spacial score (nSPS) is 12.1. The topological polar surface area (TPSA) is 81.1 Å². The number of nitrogens with zero attached hydrogens (tertiary/aromatic N) is 2. The van der Waals surface area contributed by atoms with Crippen LogP contribution < -0.4 is 10.4 Å². The number of fused-ring (bicyclic) bond motifs is 1. The van der Waals surface area contributed by atoms with E-state index in [4.69, 9.17) is 11.6 Å². The summed E-state index contributed by atoms with van der Waals surface area (Å²) in [5.41, 5.74) is 0.557. The van der Waals surface area contributed by atoms with Crippen molar-refractivity contribution in [1.82, 2.24) is 9.55 Å². The van der Waals surface area contributed by atoms with Crippen molar-refractivity contribution < 1.29 is 12.8 Å². The summed E-state index contributed by atoms with van der Waals surface area (Å²) < 4.78 is 43.7. The molecule has 0 fully saturated rings. The molecule has 11 heteroatoms. The maximum absolute atomic E-state index is 13.3. The molecule has 0 aliphatic carbocycles. The Labute approximate surface area is 187 Å². The first-order valence-corrected chi connectivity index (χ1v) is 12.8. The lowest BCUT2D eigenvalue weighted by molar-refractivity contribution is 0.599. The summed E-state index contributed by atoms with van der Waals surface area (Å²) in [4.78, 5) is 17.2. The van der Waals surface area contributed by atoms with Gasteiger partial charge in [0.15, 0.2) is 5.82 Å². The van der Waals surface area contributed by atoms with E-state index in [0.717, 1.165) is 39.5 Å². The number of rotatable bonds is 7. The van der Waals surface area contributed by atoms with Crippen LogP contribution in [0.2, 0.25) is 5.02 Å². The molecule has 1 N–H and O–H groups in total. The number of sulfonamides is 1. The lowest BCUT2D eigenvalue weighted by atomic mass is 10.2. The van der Waals surface area contributed by atoms with Crippen LogP contribution >= 0.6 is 34.7 Å². The van der Waals surface area contributed by atoms with Crippen molar-refractivity contribution in [3.05, 3.63) is 50.1 Å². The van der Waals surface area contributed by atoms with Gasteiger partial charge in [0, 0.05) is 10.6 Å². The van der Waals surface area contributed by atoms with E-state index in [9.17, 15) is 17.6 Å². The summed E-state index contributed by atoms with van der Waals surface area (Å²) in [7, 11) is -4.18. The van der Waals surface area contributed by atoms with Crippen LogP contribution in [0.4, 0.5) is 10.2 Å². The third kappa shape index (κ3) is 4.66. The van der Waals surface area contributed by atoms with Crippen LogP contribution in [-0.2, 0) is 10.0 Å². The molecule has 0 bridgehead atoms. The second-order valence-electron chi connectivity index (χ2n) is 7.17. The molecule has 30 heavy (non-hydrogen) atoms.